The molecule has 166 valence electrons. The molecule has 0 spiro atoms. The molecule has 29 heavy (non-hydrogen) atoms. The Morgan fingerprint density at radius 2 is 1.34 bits per heavy atom. The summed E-state index contributed by atoms with van der Waals surface area (Å²) < 4.78 is 1.07. The van der Waals surface area contributed by atoms with Crippen LogP contribution in [0.3, 0.4) is 0 Å². The second-order valence-corrected chi connectivity index (χ2v) is 9.77. The van der Waals surface area contributed by atoms with Crippen LogP contribution in [-0.2, 0) is 0 Å². The van der Waals surface area contributed by atoms with E-state index in [1.807, 2.05) is 0 Å². The van der Waals surface area contributed by atoms with Gasteiger partial charge in [0.15, 0.2) is 5.78 Å². The third-order valence-electron chi connectivity index (χ3n) is 4.88. The smallest absolute Gasteiger partial charge is 0.488 e. The molecule has 2 N–H and O–H groups in total. The van der Waals surface area contributed by atoms with Crippen molar-refractivity contribution < 1.29 is 36.3 Å². The quantitative estimate of drug-likeness (QED) is 0.154. The van der Waals surface area contributed by atoms with Crippen molar-refractivity contribution in [1.82, 2.24) is 0 Å². The van der Waals surface area contributed by atoms with Crippen molar-refractivity contribution in [3.8, 4) is 0 Å². The molecule has 4 nitrogen and oxygen atoms in total. The van der Waals surface area contributed by atoms with Crippen LogP contribution in [0.4, 0.5) is 0 Å². The average Bonchev–Trinajstić information content (AvgIpc) is 2.64. The highest BCUT2D eigenvalue weighted by molar-refractivity contribution is 7.99. The monoisotopic (exact) mass is 487 g/mol. The fraction of sp³-hybridized carbons (Fsp3) is 0.682. The molecule has 0 amide bonds. The highest BCUT2D eigenvalue weighted by Crippen LogP contribution is 2.13. The summed E-state index contributed by atoms with van der Waals surface area (Å²) in [4.78, 5) is 12.1. The number of hydrogen-bond acceptors (Lipinski definition) is 4. The summed E-state index contributed by atoms with van der Waals surface area (Å²) in [5.74, 6) is 1.63. The molecule has 0 bridgehead atoms. The molecule has 7 heteroatoms. The van der Waals surface area contributed by atoms with Gasteiger partial charge in [0.2, 0.25) is 0 Å². The summed E-state index contributed by atoms with van der Waals surface area (Å²) in [7, 11) is 5.30. The van der Waals surface area contributed by atoms with E-state index in [-0.39, 0.29) is 22.8 Å². The van der Waals surface area contributed by atoms with Gasteiger partial charge < -0.3 is 31.5 Å². The lowest BCUT2D eigenvalue weighted by atomic mass is 9.80. The van der Waals surface area contributed by atoms with Crippen molar-refractivity contribution in [2.75, 3.05) is 39.2 Å². The molecule has 0 saturated heterocycles. The maximum absolute atomic E-state index is 12.1. The van der Waals surface area contributed by atoms with E-state index in [4.69, 9.17) is 10.0 Å². The van der Waals surface area contributed by atoms with Crippen molar-refractivity contribution in [1.29, 1.82) is 0 Å². The van der Waals surface area contributed by atoms with Gasteiger partial charge in [0.1, 0.15) is 0 Å². The third-order valence-corrected chi connectivity index (χ3v) is 5.93. The second-order valence-electron chi connectivity index (χ2n) is 8.67. The Bertz CT molecular complexity index is 550. The normalized spacial score (nSPS) is 11.2. The minimum absolute atomic E-state index is 0. The van der Waals surface area contributed by atoms with Gasteiger partial charge in [-0.15, -0.1) is 0 Å². The first kappa shape index (κ1) is 28.7. The minimum atomic E-state index is -1.48. The highest BCUT2D eigenvalue weighted by Gasteiger charge is 2.12. The van der Waals surface area contributed by atoms with Gasteiger partial charge >= 0.3 is 7.12 Å². The standard InChI is InChI=1S/C22H39BNO3S.BrH/c1-24(2,3)17-11-9-7-5-4-6-8-10-12-18-28-19-22(25)20-13-15-21(16-14-20)23(26)27;/h13-16,26-27H,4-12,17-19H2,1-3H3;1H/q+1;/p-1. The minimum Gasteiger partial charge on any atom is -1.00 e. The van der Waals surface area contributed by atoms with Crippen LogP contribution in [0.15, 0.2) is 24.3 Å². The van der Waals surface area contributed by atoms with Gasteiger partial charge in [-0.2, -0.15) is 11.8 Å². The Kier molecular flexibility index (Phi) is 16.2. The summed E-state index contributed by atoms with van der Waals surface area (Å²) in [6.45, 7) is 1.28. The number of Topliss-reactive ketones (excluding diaryl/α,β-unsaturated/α-hetero) is 1. The van der Waals surface area contributed by atoms with Crippen LogP contribution in [0.1, 0.15) is 68.1 Å². The van der Waals surface area contributed by atoms with Crippen LogP contribution in [0.5, 0.6) is 0 Å². The fourth-order valence-electron chi connectivity index (χ4n) is 3.12. The molecule has 0 aliphatic carbocycles. The molecule has 0 unspecified atom stereocenters. The van der Waals surface area contributed by atoms with Gasteiger partial charge in [0.25, 0.3) is 0 Å². The van der Waals surface area contributed by atoms with Gasteiger partial charge in [0.05, 0.1) is 33.4 Å². The Morgan fingerprint density at radius 3 is 1.83 bits per heavy atom. The first-order valence-corrected chi connectivity index (χ1v) is 11.8. The summed E-state index contributed by atoms with van der Waals surface area (Å²) in [5.41, 5.74) is 1.05. The van der Waals surface area contributed by atoms with Gasteiger partial charge in [-0.3, -0.25) is 4.79 Å². The lowest BCUT2D eigenvalue weighted by Gasteiger charge is -2.23. The molecule has 0 aliphatic heterocycles. The Labute approximate surface area is 193 Å². The average molecular weight is 488 g/mol. The highest BCUT2D eigenvalue weighted by atomic mass is 79.9. The molecular formula is C22H39BBrNO3S. The molecule has 1 rings (SSSR count). The Hall–Kier alpha value is -0.335. The molecule has 0 radical (unpaired) electrons. The van der Waals surface area contributed by atoms with Crippen LogP contribution in [0, 0.1) is 0 Å². The van der Waals surface area contributed by atoms with Crippen LogP contribution in [-0.4, -0.2) is 66.6 Å². The van der Waals surface area contributed by atoms with Crippen LogP contribution < -0.4 is 22.4 Å². The van der Waals surface area contributed by atoms with E-state index >= 15 is 0 Å². The first-order chi connectivity index (χ1) is 13.3. The maximum Gasteiger partial charge on any atom is 0.488 e. The number of rotatable bonds is 16. The van der Waals surface area contributed by atoms with Gasteiger partial charge in [0, 0.05) is 5.56 Å². The summed E-state index contributed by atoms with van der Waals surface area (Å²) in [6, 6.07) is 6.51. The summed E-state index contributed by atoms with van der Waals surface area (Å²) >= 11 is 1.70. The predicted octanol–water partition coefficient (Wildman–Crippen LogP) is 0.503. The topological polar surface area (TPSA) is 57.5 Å². The van der Waals surface area contributed by atoms with Gasteiger partial charge in [-0.25, -0.2) is 0 Å². The SMILES string of the molecule is C[N+](C)(C)CCCCCCCCCCCSCC(=O)c1ccc(B(O)O)cc1.[Br-]. The predicted molar refractivity (Wildman–Crippen MR) is 122 cm³/mol. The van der Waals surface area contributed by atoms with Crippen LogP contribution in [0.2, 0.25) is 0 Å². The first-order valence-electron chi connectivity index (χ1n) is 10.7. The number of unbranched alkanes of at least 4 members (excludes halogenated alkanes) is 8. The van der Waals surface area contributed by atoms with E-state index in [2.05, 4.69) is 21.1 Å². The van der Waals surface area contributed by atoms with Crippen molar-refractivity contribution in [2.24, 2.45) is 0 Å². The number of thioether (sulfide) groups is 1. The van der Waals surface area contributed by atoms with E-state index in [1.54, 1.807) is 36.0 Å². The zero-order chi connectivity index (χ0) is 20.8. The molecule has 0 atom stereocenters. The Morgan fingerprint density at radius 1 is 0.862 bits per heavy atom. The molecule has 0 fully saturated rings. The van der Waals surface area contributed by atoms with E-state index in [0.717, 1.165) is 10.2 Å². The van der Waals surface area contributed by atoms with E-state index in [9.17, 15) is 4.79 Å². The largest absolute Gasteiger partial charge is 1.00 e. The number of hydrogen-bond donors (Lipinski definition) is 2. The van der Waals surface area contributed by atoms with Crippen molar-refractivity contribution in [2.45, 2.75) is 57.8 Å². The van der Waals surface area contributed by atoms with Crippen LogP contribution >= 0.6 is 11.8 Å². The van der Waals surface area contributed by atoms with Crippen molar-refractivity contribution >= 4 is 30.1 Å². The van der Waals surface area contributed by atoms with Gasteiger partial charge in [-0.1, -0.05) is 62.8 Å². The molecule has 0 aliphatic rings. The lowest BCUT2D eigenvalue weighted by Crippen LogP contribution is -3.00. The lowest BCUT2D eigenvalue weighted by molar-refractivity contribution is -0.870. The van der Waals surface area contributed by atoms with Gasteiger partial charge in [-0.05, 0) is 30.5 Å². The second kappa shape index (κ2) is 16.4. The number of carbonyl (C=O) groups excluding carboxylic acids is 1. The molecule has 0 heterocycles. The number of benzene rings is 1. The fourth-order valence-corrected chi connectivity index (χ4v) is 4.02. The number of nitrogens with zero attached hydrogens (tertiary/aromatic N) is 1. The summed E-state index contributed by atoms with van der Waals surface area (Å²) in [6.07, 6.45) is 11.9. The van der Waals surface area contributed by atoms with E-state index < -0.39 is 7.12 Å². The molecular weight excluding hydrogens is 449 g/mol. The van der Waals surface area contributed by atoms with Crippen LogP contribution in [0.25, 0.3) is 0 Å². The Balaban J connectivity index is 0.00000784. The molecule has 1 aromatic carbocycles. The zero-order valence-electron chi connectivity index (χ0n) is 18.4. The van der Waals surface area contributed by atoms with E-state index in [1.165, 1.54) is 64.3 Å². The van der Waals surface area contributed by atoms with Crippen molar-refractivity contribution in [3.63, 3.8) is 0 Å². The number of carbonyl (C=O) groups is 1. The van der Waals surface area contributed by atoms with Crippen molar-refractivity contribution in [3.05, 3.63) is 29.8 Å². The zero-order valence-corrected chi connectivity index (χ0v) is 20.8. The summed E-state index contributed by atoms with van der Waals surface area (Å²) in [5, 5.41) is 18.1. The molecule has 1 aromatic rings. The van der Waals surface area contributed by atoms with E-state index in [0.29, 0.717) is 16.8 Å². The maximum atomic E-state index is 12.1. The third kappa shape index (κ3) is 15.2. The number of halogens is 1. The molecule has 0 aromatic heterocycles. The number of ketones is 1. The number of quaternary nitrogens is 1. The molecule has 0 saturated carbocycles.